The van der Waals surface area contributed by atoms with E-state index in [4.69, 9.17) is 5.26 Å². The second-order valence-electron chi connectivity index (χ2n) is 6.36. The maximum atomic E-state index is 12.8. The average Bonchev–Trinajstić information content (AvgIpc) is 3.26. The first-order valence-corrected chi connectivity index (χ1v) is 10.6. The monoisotopic (exact) mass is 399 g/mol. The Bertz CT molecular complexity index is 1040. The van der Waals surface area contributed by atoms with Crippen LogP contribution in [0.1, 0.15) is 53.2 Å². The molecule has 0 unspecified atom stereocenters. The lowest BCUT2D eigenvalue weighted by atomic mass is 10.1. The minimum Gasteiger partial charge on any atom is -0.267 e. The van der Waals surface area contributed by atoms with Gasteiger partial charge in [0.25, 0.3) is 5.56 Å². The van der Waals surface area contributed by atoms with Gasteiger partial charge in [-0.3, -0.25) is 4.79 Å². The highest BCUT2D eigenvalue weighted by Crippen LogP contribution is 2.31. The third-order valence-electron chi connectivity index (χ3n) is 4.32. The van der Waals surface area contributed by atoms with Gasteiger partial charge in [-0.15, -0.1) is 22.7 Å². The zero-order chi connectivity index (χ0) is 19.4. The zero-order valence-corrected chi connectivity index (χ0v) is 17.3. The van der Waals surface area contributed by atoms with Crippen molar-refractivity contribution < 1.29 is 0 Å². The summed E-state index contributed by atoms with van der Waals surface area (Å²) in [5, 5.41) is 16.7. The van der Waals surface area contributed by atoms with E-state index in [9.17, 15) is 4.79 Å². The molecule has 0 bridgehead atoms. The molecule has 6 nitrogen and oxygen atoms in total. The molecule has 3 aromatic heterocycles. The summed E-state index contributed by atoms with van der Waals surface area (Å²) in [5.41, 5.74) is 2.69. The van der Waals surface area contributed by atoms with Crippen LogP contribution in [0.2, 0.25) is 0 Å². The Balaban J connectivity index is 1.87. The van der Waals surface area contributed by atoms with E-state index in [2.05, 4.69) is 22.0 Å². The molecule has 0 amide bonds. The van der Waals surface area contributed by atoms with E-state index in [1.165, 1.54) is 28.9 Å². The number of unbranched alkanes of at least 4 members (excludes halogenated alkanes) is 2. The van der Waals surface area contributed by atoms with Crippen molar-refractivity contribution in [2.75, 3.05) is 0 Å². The molecule has 0 aliphatic carbocycles. The molecule has 0 saturated carbocycles. The summed E-state index contributed by atoms with van der Waals surface area (Å²) in [4.78, 5) is 22.6. The van der Waals surface area contributed by atoms with Gasteiger partial charge >= 0.3 is 0 Å². The van der Waals surface area contributed by atoms with Gasteiger partial charge in [-0.05, 0) is 26.7 Å². The van der Waals surface area contributed by atoms with Gasteiger partial charge in [0.1, 0.15) is 11.1 Å². The van der Waals surface area contributed by atoms with Gasteiger partial charge in [-0.25, -0.2) is 14.6 Å². The Morgan fingerprint density at radius 1 is 1.22 bits per heavy atom. The maximum absolute atomic E-state index is 12.8. The van der Waals surface area contributed by atoms with Crippen LogP contribution in [-0.2, 0) is 13.0 Å². The van der Waals surface area contributed by atoms with Crippen molar-refractivity contribution in [1.29, 1.82) is 5.26 Å². The number of hydrogen-bond donors (Lipinski definition) is 0. The van der Waals surface area contributed by atoms with Crippen LogP contribution < -0.4 is 5.56 Å². The van der Waals surface area contributed by atoms with E-state index in [-0.39, 0.29) is 12.1 Å². The molecular weight excluding hydrogens is 378 g/mol. The first-order valence-electron chi connectivity index (χ1n) is 8.91. The Labute approximate surface area is 166 Å². The number of nitriles is 1. The molecule has 140 valence electrons. The summed E-state index contributed by atoms with van der Waals surface area (Å²) >= 11 is 3.01. The standard InChI is InChI=1S/C19H21N5OS2/c1-4-5-6-7-16-22-13(3)18(27-16)15-9-21-24(19(25)12(15)2)10-17-23-14(8-20)11-26-17/h9,11H,4-7,10H2,1-3H3. The Morgan fingerprint density at radius 3 is 2.74 bits per heavy atom. The van der Waals surface area contributed by atoms with E-state index < -0.39 is 0 Å². The van der Waals surface area contributed by atoms with Crippen LogP contribution >= 0.6 is 22.7 Å². The molecule has 3 heterocycles. The van der Waals surface area contributed by atoms with Gasteiger partial charge in [0.15, 0.2) is 5.69 Å². The van der Waals surface area contributed by atoms with Crippen molar-refractivity contribution in [2.45, 2.75) is 53.0 Å². The lowest BCUT2D eigenvalue weighted by molar-refractivity contribution is 0.632. The van der Waals surface area contributed by atoms with Gasteiger partial charge in [-0.2, -0.15) is 10.4 Å². The number of thiazole rings is 2. The molecule has 0 aliphatic rings. The predicted octanol–water partition coefficient (Wildman–Crippen LogP) is 4.09. The molecule has 0 atom stereocenters. The lowest BCUT2D eigenvalue weighted by Crippen LogP contribution is -2.25. The number of rotatable bonds is 7. The van der Waals surface area contributed by atoms with Crippen LogP contribution in [0.5, 0.6) is 0 Å². The lowest BCUT2D eigenvalue weighted by Gasteiger charge is -2.07. The SMILES string of the molecule is CCCCCc1nc(C)c(-c2cnn(Cc3nc(C#N)cs3)c(=O)c2C)s1. The topological polar surface area (TPSA) is 84.5 Å². The highest BCUT2D eigenvalue weighted by molar-refractivity contribution is 7.15. The van der Waals surface area contributed by atoms with E-state index in [1.54, 1.807) is 22.9 Å². The van der Waals surface area contributed by atoms with Crippen LogP contribution in [0, 0.1) is 25.2 Å². The van der Waals surface area contributed by atoms with Crippen LogP contribution in [0.4, 0.5) is 0 Å². The summed E-state index contributed by atoms with van der Waals surface area (Å²) in [6, 6.07) is 2.00. The second kappa shape index (κ2) is 8.55. The average molecular weight is 400 g/mol. The van der Waals surface area contributed by atoms with Gasteiger partial charge in [0, 0.05) is 16.5 Å². The van der Waals surface area contributed by atoms with E-state index in [0.29, 0.717) is 16.3 Å². The molecule has 3 aromatic rings. The summed E-state index contributed by atoms with van der Waals surface area (Å²) in [7, 11) is 0. The van der Waals surface area contributed by atoms with E-state index in [1.807, 2.05) is 19.9 Å². The highest BCUT2D eigenvalue weighted by Gasteiger charge is 2.16. The van der Waals surface area contributed by atoms with E-state index in [0.717, 1.165) is 34.0 Å². The molecule has 0 N–H and O–H groups in total. The third-order valence-corrected chi connectivity index (χ3v) is 6.40. The minimum atomic E-state index is -0.137. The summed E-state index contributed by atoms with van der Waals surface area (Å²) < 4.78 is 1.40. The van der Waals surface area contributed by atoms with Crippen LogP contribution in [-0.4, -0.2) is 19.7 Å². The smallest absolute Gasteiger partial charge is 0.267 e. The van der Waals surface area contributed by atoms with Crippen molar-refractivity contribution in [1.82, 2.24) is 19.7 Å². The Morgan fingerprint density at radius 2 is 2.04 bits per heavy atom. The molecule has 8 heteroatoms. The van der Waals surface area contributed by atoms with Crippen molar-refractivity contribution in [2.24, 2.45) is 0 Å². The van der Waals surface area contributed by atoms with Gasteiger partial charge in [-0.1, -0.05) is 19.8 Å². The van der Waals surface area contributed by atoms with Gasteiger partial charge < -0.3 is 0 Å². The van der Waals surface area contributed by atoms with Crippen molar-refractivity contribution >= 4 is 22.7 Å². The predicted molar refractivity (Wildman–Crippen MR) is 108 cm³/mol. The number of aromatic nitrogens is 4. The van der Waals surface area contributed by atoms with Crippen LogP contribution in [0.15, 0.2) is 16.4 Å². The van der Waals surface area contributed by atoms with E-state index >= 15 is 0 Å². The molecule has 27 heavy (non-hydrogen) atoms. The molecule has 0 radical (unpaired) electrons. The first-order chi connectivity index (χ1) is 13.0. The number of aryl methyl sites for hydroxylation is 2. The normalized spacial score (nSPS) is 10.9. The first kappa shape index (κ1) is 19.4. The largest absolute Gasteiger partial charge is 0.270 e. The molecule has 0 spiro atoms. The Hall–Kier alpha value is -2.37. The fourth-order valence-corrected chi connectivity index (χ4v) is 4.70. The third kappa shape index (κ3) is 4.31. The molecular formula is C19H21N5OS2. The second-order valence-corrected chi connectivity index (χ2v) is 8.39. The molecule has 0 aromatic carbocycles. The van der Waals surface area contributed by atoms with Gasteiger partial charge in [0.05, 0.1) is 28.3 Å². The minimum absolute atomic E-state index is 0.137. The quantitative estimate of drug-likeness (QED) is 0.559. The summed E-state index contributed by atoms with van der Waals surface area (Å²) in [6.45, 7) is 6.28. The van der Waals surface area contributed by atoms with Crippen LogP contribution in [0.3, 0.4) is 0 Å². The Kier molecular flexibility index (Phi) is 6.14. The highest BCUT2D eigenvalue weighted by atomic mass is 32.1. The van der Waals surface area contributed by atoms with Crippen molar-refractivity contribution in [3.63, 3.8) is 0 Å². The fourth-order valence-electron chi connectivity index (χ4n) is 2.83. The van der Waals surface area contributed by atoms with Crippen molar-refractivity contribution in [3.8, 4) is 16.5 Å². The molecule has 0 aliphatic heterocycles. The number of hydrogen-bond acceptors (Lipinski definition) is 7. The maximum Gasteiger partial charge on any atom is 0.270 e. The summed E-state index contributed by atoms with van der Waals surface area (Å²) in [5.74, 6) is 0. The van der Waals surface area contributed by atoms with Crippen LogP contribution in [0.25, 0.3) is 10.4 Å². The van der Waals surface area contributed by atoms with Crippen molar-refractivity contribution in [3.05, 3.63) is 48.9 Å². The molecule has 0 saturated heterocycles. The zero-order valence-electron chi connectivity index (χ0n) is 15.7. The fraction of sp³-hybridized carbons (Fsp3) is 0.421. The molecule has 3 rings (SSSR count). The summed E-state index contributed by atoms with van der Waals surface area (Å²) in [6.07, 6.45) is 6.25. The number of nitrogens with zero attached hydrogens (tertiary/aromatic N) is 5. The molecule has 0 fully saturated rings. The van der Waals surface area contributed by atoms with Gasteiger partial charge in [0.2, 0.25) is 0 Å².